The van der Waals surface area contributed by atoms with Crippen LogP contribution in [0.3, 0.4) is 0 Å². The van der Waals surface area contributed by atoms with Crippen LogP contribution in [0.2, 0.25) is 0 Å². The van der Waals surface area contributed by atoms with Crippen molar-refractivity contribution in [3.05, 3.63) is 29.8 Å². The summed E-state index contributed by atoms with van der Waals surface area (Å²) in [7, 11) is 0. The Morgan fingerprint density at radius 2 is 1.49 bits per heavy atom. The molecule has 3 N–H and O–H groups in total. The predicted molar refractivity (Wildman–Crippen MR) is 170 cm³/mol. The largest absolute Gasteiger partial charge is 0.511 e. The molecule has 0 spiro atoms. The van der Waals surface area contributed by atoms with Crippen LogP contribution in [-0.4, -0.2) is 100.0 Å². The van der Waals surface area contributed by atoms with Gasteiger partial charge in [0.2, 0.25) is 6.29 Å². The smallest absolute Gasteiger partial charge is 0.444 e. The Hall–Kier alpha value is -3.62. The van der Waals surface area contributed by atoms with Crippen molar-refractivity contribution in [2.24, 2.45) is 0 Å². The van der Waals surface area contributed by atoms with Gasteiger partial charge in [0.25, 0.3) is 0 Å². The first-order chi connectivity index (χ1) is 21.5. The van der Waals surface area contributed by atoms with E-state index >= 15 is 0 Å². The molecule has 1 aromatic rings. The molecule has 14 heteroatoms. The molecular weight excluding hydrogens is 616 g/mol. The second kappa shape index (κ2) is 16.5. The summed E-state index contributed by atoms with van der Waals surface area (Å²) in [5.74, 6) is 0.0213. The average Bonchev–Trinajstić information content (AvgIpc) is 2.87. The minimum absolute atomic E-state index is 0.193. The van der Waals surface area contributed by atoms with Crippen LogP contribution < -0.4 is 10.1 Å². The SMILES string of the molecule is CC(=O)Oc1cccc(CCCCN(C[C@H]2O[C@@H](OC(=O)OC(C)(C)C)[C@H](NC(=O)OC(C)(C)C)[C@@H](O)[C@@H]2O)C(=O)OC(C)(C)C)c1. The van der Waals surface area contributed by atoms with Gasteiger partial charge >= 0.3 is 24.3 Å². The number of unbranched alkanes of at least 4 members (excludes halogenated alkanes) is 1. The molecule has 0 saturated carbocycles. The van der Waals surface area contributed by atoms with E-state index < -0.39 is 71.8 Å². The van der Waals surface area contributed by atoms with Crippen molar-refractivity contribution < 1.29 is 57.8 Å². The molecule has 2 amide bonds. The fourth-order valence-electron chi connectivity index (χ4n) is 4.51. The fraction of sp³-hybridized carbons (Fsp3) is 0.697. The first kappa shape index (κ1) is 39.6. The molecule has 1 fully saturated rings. The number of hydrogen-bond donors (Lipinski definition) is 3. The van der Waals surface area contributed by atoms with E-state index in [4.69, 9.17) is 28.4 Å². The van der Waals surface area contributed by atoms with Gasteiger partial charge in [0.15, 0.2) is 0 Å². The molecule has 0 radical (unpaired) electrons. The first-order valence-electron chi connectivity index (χ1n) is 15.7. The lowest BCUT2D eigenvalue weighted by atomic mass is 9.96. The van der Waals surface area contributed by atoms with Gasteiger partial charge in [-0.3, -0.25) is 4.79 Å². The average molecular weight is 669 g/mol. The number of hydrogen-bond acceptors (Lipinski definition) is 12. The van der Waals surface area contributed by atoms with Gasteiger partial charge in [-0.1, -0.05) is 12.1 Å². The summed E-state index contributed by atoms with van der Waals surface area (Å²) < 4.78 is 32.6. The number of amides is 2. The Kier molecular flexibility index (Phi) is 13.9. The third kappa shape index (κ3) is 14.8. The van der Waals surface area contributed by atoms with Crippen LogP contribution in [0.25, 0.3) is 0 Å². The van der Waals surface area contributed by atoms with Crippen molar-refractivity contribution in [3.63, 3.8) is 0 Å². The molecule has 0 unspecified atom stereocenters. The summed E-state index contributed by atoms with van der Waals surface area (Å²) >= 11 is 0. The summed E-state index contributed by atoms with van der Waals surface area (Å²) in [6.45, 7) is 16.2. The summed E-state index contributed by atoms with van der Waals surface area (Å²) in [5.41, 5.74) is -1.70. The van der Waals surface area contributed by atoms with E-state index in [2.05, 4.69) is 5.32 Å². The lowest BCUT2D eigenvalue weighted by Gasteiger charge is -2.43. The summed E-state index contributed by atoms with van der Waals surface area (Å²) in [5, 5.41) is 24.6. The third-order valence-corrected chi connectivity index (χ3v) is 6.34. The predicted octanol–water partition coefficient (Wildman–Crippen LogP) is 4.46. The maximum atomic E-state index is 13.3. The number of aryl methyl sites for hydroxylation is 1. The number of nitrogens with zero attached hydrogens (tertiary/aromatic N) is 1. The lowest BCUT2D eigenvalue weighted by molar-refractivity contribution is -0.254. The van der Waals surface area contributed by atoms with Crippen molar-refractivity contribution in [3.8, 4) is 5.75 Å². The Balaban J connectivity index is 2.23. The minimum atomic E-state index is -1.70. The molecule has 1 heterocycles. The third-order valence-electron chi connectivity index (χ3n) is 6.34. The summed E-state index contributed by atoms with van der Waals surface area (Å²) in [4.78, 5) is 51.1. The molecular formula is C33H52N2O12. The number of carbonyl (C=O) groups is 4. The molecule has 14 nitrogen and oxygen atoms in total. The van der Waals surface area contributed by atoms with Gasteiger partial charge in [0.1, 0.15) is 46.9 Å². The highest BCUT2D eigenvalue weighted by Crippen LogP contribution is 2.26. The molecule has 0 aromatic heterocycles. The highest BCUT2D eigenvalue weighted by Gasteiger charge is 2.49. The monoisotopic (exact) mass is 668 g/mol. The zero-order chi connectivity index (χ0) is 35.7. The summed E-state index contributed by atoms with van der Waals surface area (Å²) in [6.07, 6.45) is -7.17. The van der Waals surface area contributed by atoms with Crippen LogP contribution in [0.15, 0.2) is 24.3 Å². The number of rotatable bonds is 10. The maximum Gasteiger partial charge on any atom is 0.511 e. The molecule has 1 saturated heterocycles. The number of carbonyl (C=O) groups excluding carboxylic acids is 4. The lowest BCUT2D eigenvalue weighted by Crippen LogP contribution is -2.66. The molecule has 1 aliphatic rings. The number of nitrogens with one attached hydrogen (secondary N) is 1. The van der Waals surface area contributed by atoms with Crippen LogP contribution in [0.1, 0.15) is 87.6 Å². The number of ether oxygens (including phenoxy) is 6. The van der Waals surface area contributed by atoms with E-state index in [1.807, 2.05) is 6.07 Å². The van der Waals surface area contributed by atoms with Gasteiger partial charge in [-0.2, -0.15) is 0 Å². The van der Waals surface area contributed by atoms with Gasteiger partial charge in [-0.15, -0.1) is 0 Å². The number of aliphatic hydroxyl groups excluding tert-OH is 2. The Labute approximate surface area is 277 Å². The van der Waals surface area contributed by atoms with Crippen LogP contribution in [0.4, 0.5) is 14.4 Å². The standard InChI is InChI=1S/C33H52N2O12/c1-20(36)42-22-16-13-15-21(18-22)14-11-12-17-35(29(40)46-32(5,6)7)19-23-25(37)26(38)24(34-28(39)45-31(2,3)4)27(43-23)44-30(41)47-33(8,9)10/h13,15-16,18,23-27,37-38H,11-12,14,17,19H2,1-10H3,(H,34,39)/t23-,24-,25-,26-,27+/m1/s1. The molecule has 266 valence electrons. The number of esters is 1. The number of aliphatic hydroxyl groups is 2. The van der Waals surface area contributed by atoms with Crippen molar-refractivity contribution in [2.45, 2.75) is 136 Å². The number of alkyl carbamates (subject to hydrolysis) is 1. The molecule has 0 bridgehead atoms. The normalized spacial score (nSPS) is 21.7. The molecule has 1 aliphatic heterocycles. The van der Waals surface area contributed by atoms with Crippen LogP contribution >= 0.6 is 0 Å². The highest BCUT2D eigenvalue weighted by atomic mass is 16.8. The molecule has 0 aliphatic carbocycles. The molecule has 47 heavy (non-hydrogen) atoms. The van der Waals surface area contributed by atoms with Gasteiger partial charge in [0, 0.05) is 13.5 Å². The van der Waals surface area contributed by atoms with Crippen LogP contribution in [-0.2, 0) is 34.9 Å². The van der Waals surface area contributed by atoms with Crippen molar-refractivity contribution >= 4 is 24.3 Å². The second-order valence-corrected chi connectivity index (χ2v) is 14.4. The minimum Gasteiger partial charge on any atom is -0.444 e. The zero-order valence-corrected chi connectivity index (χ0v) is 29.2. The zero-order valence-electron chi connectivity index (χ0n) is 29.2. The van der Waals surface area contributed by atoms with E-state index in [0.717, 1.165) is 5.56 Å². The van der Waals surface area contributed by atoms with Crippen molar-refractivity contribution in [1.82, 2.24) is 10.2 Å². The quantitative estimate of drug-likeness (QED) is 0.138. The van der Waals surface area contributed by atoms with Gasteiger partial charge in [-0.25, -0.2) is 14.4 Å². The topological polar surface area (TPSA) is 179 Å². The molecule has 1 aromatic carbocycles. The second-order valence-electron chi connectivity index (χ2n) is 14.4. The van der Waals surface area contributed by atoms with Crippen LogP contribution in [0, 0.1) is 0 Å². The number of benzene rings is 1. The van der Waals surface area contributed by atoms with E-state index in [9.17, 15) is 29.4 Å². The Morgan fingerprint density at radius 3 is 2.06 bits per heavy atom. The molecule has 5 atom stereocenters. The van der Waals surface area contributed by atoms with E-state index in [0.29, 0.717) is 25.0 Å². The maximum absolute atomic E-state index is 13.3. The summed E-state index contributed by atoms with van der Waals surface area (Å²) in [6, 6.07) is 5.70. The van der Waals surface area contributed by atoms with E-state index in [-0.39, 0.29) is 13.1 Å². The first-order valence-corrected chi connectivity index (χ1v) is 15.7. The van der Waals surface area contributed by atoms with Gasteiger partial charge in [-0.05, 0) is 99.3 Å². The molecule has 2 rings (SSSR count). The Morgan fingerprint density at radius 1 is 0.872 bits per heavy atom. The highest BCUT2D eigenvalue weighted by molar-refractivity contribution is 5.69. The Bertz CT molecular complexity index is 1220. The van der Waals surface area contributed by atoms with Gasteiger partial charge in [0.05, 0.1) is 6.54 Å². The van der Waals surface area contributed by atoms with Crippen molar-refractivity contribution in [1.29, 1.82) is 0 Å². The van der Waals surface area contributed by atoms with E-state index in [1.165, 1.54) is 11.8 Å². The fourth-order valence-corrected chi connectivity index (χ4v) is 4.51. The van der Waals surface area contributed by atoms with Crippen LogP contribution in [0.5, 0.6) is 5.75 Å². The van der Waals surface area contributed by atoms with Gasteiger partial charge < -0.3 is 48.9 Å². The van der Waals surface area contributed by atoms with Crippen molar-refractivity contribution in [2.75, 3.05) is 13.1 Å². The van der Waals surface area contributed by atoms with E-state index in [1.54, 1.807) is 80.5 Å².